The second kappa shape index (κ2) is 5.54. The number of aliphatic hydroxyl groups is 1. The molecule has 112 valence electrons. The lowest BCUT2D eigenvalue weighted by atomic mass is 10.1. The fourth-order valence-corrected chi connectivity index (χ4v) is 2.43. The highest BCUT2D eigenvalue weighted by Crippen LogP contribution is 2.44. The lowest BCUT2D eigenvalue weighted by molar-refractivity contribution is 0.207. The van der Waals surface area contributed by atoms with Gasteiger partial charge in [-0.1, -0.05) is 6.07 Å². The Labute approximate surface area is 121 Å². The number of aromatic amines is 1. The van der Waals surface area contributed by atoms with Crippen molar-refractivity contribution >= 4 is 0 Å². The molecule has 2 aromatic rings. The standard InChI is InChI=1S/C15H17F2N3O/c16-11-2-1-3-12(17)13(11)14-10(7-19-20-14)6-18-8-15(9-21)4-5-15/h1-3,7,18,21H,4-6,8-9H2,(H,19,20). The largest absolute Gasteiger partial charge is 0.396 e. The molecule has 1 aromatic heterocycles. The van der Waals surface area contributed by atoms with Crippen LogP contribution < -0.4 is 5.32 Å². The third-order valence-electron chi connectivity index (χ3n) is 4.04. The van der Waals surface area contributed by atoms with Gasteiger partial charge in [0, 0.05) is 30.7 Å². The van der Waals surface area contributed by atoms with Crippen LogP contribution >= 0.6 is 0 Å². The van der Waals surface area contributed by atoms with Crippen molar-refractivity contribution in [2.45, 2.75) is 19.4 Å². The summed E-state index contributed by atoms with van der Waals surface area (Å²) in [7, 11) is 0. The Kier molecular flexibility index (Phi) is 3.73. The minimum Gasteiger partial charge on any atom is -0.396 e. The van der Waals surface area contributed by atoms with E-state index in [4.69, 9.17) is 0 Å². The third-order valence-corrected chi connectivity index (χ3v) is 4.04. The van der Waals surface area contributed by atoms with Crippen LogP contribution in [-0.2, 0) is 6.54 Å². The molecule has 3 N–H and O–H groups in total. The Balaban J connectivity index is 1.75. The van der Waals surface area contributed by atoms with Gasteiger partial charge in [0.1, 0.15) is 11.6 Å². The van der Waals surface area contributed by atoms with E-state index in [0.717, 1.165) is 12.8 Å². The highest BCUT2D eigenvalue weighted by molar-refractivity contribution is 5.64. The Morgan fingerprint density at radius 1 is 1.29 bits per heavy atom. The van der Waals surface area contributed by atoms with Crippen LogP contribution in [0, 0.1) is 17.0 Å². The molecule has 1 aliphatic carbocycles. The Morgan fingerprint density at radius 2 is 2.00 bits per heavy atom. The zero-order valence-electron chi connectivity index (χ0n) is 11.5. The molecule has 1 saturated carbocycles. The topological polar surface area (TPSA) is 60.9 Å². The molecule has 0 spiro atoms. The molecular weight excluding hydrogens is 276 g/mol. The molecule has 0 radical (unpaired) electrons. The van der Waals surface area contributed by atoms with Crippen molar-refractivity contribution in [3.05, 3.63) is 41.6 Å². The fourth-order valence-electron chi connectivity index (χ4n) is 2.43. The third kappa shape index (κ3) is 2.82. The molecule has 1 aliphatic rings. The first-order valence-corrected chi connectivity index (χ1v) is 6.93. The number of rotatable bonds is 6. The zero-order valence-corrected chi connectivity index (χ0v) is 11.5. The Bertz CT molecular complexity index is 617. The molecule has 6 heteroatoms. The second-order valence-corrected chi connectivity index (χ2v) is 5.63. The summed E-state index contributed by atoms with van der Waals surface area (Å²) in [6.07, 6.45) is 3.58. The SMILES string of the molecule is OCC1(CNCc2cn[nH]c2-c2c(F)cccc2F)CC1. The smallest absolute Gasteiger partial charge is 0.135 e. The first kappa shape index (κ1) is 14.2. The molecule has 0 bridgehead atoms. The van der Waals surface area contributed by atoms with Crippen LogP contribution in [0.1, 0.15) is 18.4 Å². The van der Waals surface area contributed by atoms with Gasteiger partial charge in [0.25, 0.3) is 0 Å². The van der Waals surface area contributed by atoms with Crippen molar-refractivity contribution in [3.63, 3.8) is 0 Å². The molecular formula is C15H17F2N3O. The van der Waals surface area contributed by atoms with Gasteiger partial charge in [-0.15, -0.1) is 0 Å². The minimum atomic E-state index is -0.616. The molecule has 0 unspecified atom stereocenters. The maximum absolute atomic E-state index is 13.8. The van der Waals surface area contributed by atoms with E-state index < -0.39 is 11.6 Å². The van der Waals surface area contributed by atoms with Crippen molar-refractivity contribution in [1.82, 2.24) is 15.5 Å². The maximum Gasteiger partial charge on any atom is 0.135 e. The van der Waals surface area contributed by atoms with Gasteiger partial charge < -0.3 is 10.4 Å². The Morgan fingerprint density at radius 3 is 2.62 bits per heavy atom. The van der Waals surface area contributed by atoms with Crippen LogP contribution in [0.3, 0.4) is 0 Å². The molecule has 1 fully saturated rings. The van der Waals surface area contributed by atoms with Crippen molar-refractivity contribution in [1.29, 1.82) is 0 Å². The molecule has 3 rings (SSSR count). The zero-order chi connectivity index (χ0) is 14.9. The predicted molar refractivity (Wildman–Crippen MR) is 74.4 cm³/mol. The molecule has 4 nitrogen and oxygen atoms in total. The molecule has 1 heterocycles. The number of nitrogens with zero attached hydrogens (tertiary/aromatic N) is 1. The Hall–Kier alpha value is -1.79. The quantitative estimate of drug-likeness (QED) is 0.765. The first-order valence-electron chi connectivity index (χ1n) is 6.93. The number of halogens is 2. The maximum atomic E-state index is 13.8. The van der Waals surface area contributed by atoms with Gasteiger partial charge in [-0.25, -0.2) is 8.78 Å². The van der Waals surface area contributed by atoms with Gasteiger partial charge >= 0.3 is 0 Å². The number of hydrogen-bond acceptors (Lipinski definition) is 3. The highest BCUT2D eigenvalue weighted by Gasteiger charge is 2.41. The van der Waals surface area contributed by atoms with Gasteiger partial charge in [-0.3, -0.25) is 5.10 Å². The van der Waals surface area contributed by atoms with Crippen LogP contribution in [0.4, 0.5) is 8.78 Å². The first-order chi connectivity index (χ1) is 10.2. The van der Waals surface area contributed by atoms with E-state index in [1.54, 1.807) is 6.20 Å². The average molecular weight is 293 g/mol. The lowest BCUT2D eigenvalue weighted by Gasteiger charge is -2.13. The molecule has 1 aromatic carbocycles. The van der Waals surface area contributed by atoms with E-state index >= 15 is 0 Å². The van der Waals surface area contributed by atoms with Gasteiger partial charge in [0.2, 0.25) is 0 Å². The van der Waals surface area contributed by atoms with Gasteiger partial charge in [-0.2, -0.15) is 5.10 Å². The summed E-state index contributed by atoms with van der Waals surface area (Å²) in [5, 5.41) is 19.0. The van der Waals surface area contributed by atoms with Crippen LogP contribution in [0.5, 0.6) is 0 Å². The second-order valence-electron chi connectivity index (χ2n) is 5.63. The number of aromatic nitrogens is 2. The summed E-state index contributed by atoms with van der Waals surface area (Å²) in [5.74, 6) is -1.23. The summed E-state index contributed by atoms with van der Waals surface area (Å²) in [4.78, 5) is 0. The van der Waals surface area contributed by atoms with Gasteiger partial charge in [-0.05, 0) is 25.0 Å². The lowest BCUT2D eigenvalue weighted by Crippen LogP contribution is -2.26. The van der Waals surface area contributed by atoms with E-state index in [-0.39, 0.29) is 17.6 Å². The monoisotopic (exact) mass is 293 g/mol. The summed E-state index contributed by atoms with van der Waals surface area (Å²) in [6, 6.07) is 3.78. The molecule has 0 atom stereocenters. The molecule has 0 aliphatic heterocycles. The van der Waals surface area contributed by atoms with Crippen molar-refractivity contribution < 1.29 is 13.9 Å². The number of aliphatic hydroxyl groups excluding tert-OH is 1. The van der Waals surface area contributed by atoms with Crippen LogP contribution in [0.2, 0.25) is 0 Å². The fraction of sp³-hybridized carbons (Fsp3) is 0.400. The van der Waals surface area contributed by atoms with Crippen LogP contribution in [-0.4, -0.2) is 28.5 Å². The molecule has 0 saturated heterocycles. The van der Waals surface area contributed by atoms with Gasteiger partial charge in [0.15, 0.2) is 0 Å². The van der Waals surface area contributed by atoms with E-state index in [2.05, 4.69) is 15.5 Å². The van der Waals surface area contributed by atoms with E-state index in [1.807, 2.05) is 0 Å². The number of hydrogen-bond donors (Lipinski definition) is 3. The molecule has 0 amide bonds. The summed E-state index contributed by atoms with van der Waals surface area (Å²) in [6.45, 7) is 1.30. The van der Waals surface area contributed by atoms with Gasteiger partial charge in [0.05, 0.1) is 17.5 Å². The average Bonchev–Trinajstić information content (AvgIpc) is 3.11. The van der Waals surface area contributed by atoms with Crippen molar-refractivity contribution in [3.8, 4) is 11.3 Å². The molecule has 21 heavy (non-hydrogen) atoms. The van der Waals surface area contributed by atoms with Crippen LogP contribution in [0.25, 0.3) is 11.3 Å². The predicted octanol–water partition coefficient (Wildman–Crippen LogP) is 2.22. The van der Waals surface area contributed by atoms with E-state index in [1.165, 1.54) is 18.2 Å². The number of H-pyrrole nitrogens is 1. The van der Waals surface area contributed by atoms with E-state index in [0.29, 0.717) is 24.3 Å². The minimum absolute atomic E-state index is 0.00680. The van der Waals surface area contributed by atoms with Crippen molar-refractivity contribution in [2.75, 3.05) is 13.2 Å². The summed E-state index contributed by atoms with van der Waals surface area (Å²) >= 11 is 0. The highest BCUT2D eigenvalue weighted by atomic mass is 19.1. The number of nitrogens with one attached hydrogen (secondary N) is 2. The number of benzene rings is 1. The normalized spacial score (nSPS) is 16.1. The van der Waals surface area contributed by atoms with Crippen molar-refractivity contribution in [2.24, 2.45) is 5.41 Å². The summed E-state index contributed by atoms with van der Waals surface area (Å²) in [5.41, 5.74) is 0.961. The van der Waals surface area contributed by atoms with E-state index in [9.17, 15) is 13.9 Å². The van der Waals surface area contributed by atoms with Crippen LogP contribution in [0.15, 0.2) is 24.4 Å². The summed E-state index contributed by atoms with van der Waals surface area (Å²) < 4.78 is 27.7.